The number of hydrogen-bond donors (Lipinski definition) is 1. The highest BCUT2D eigenvalue weighted by atomic mass is 15.3. The third kappa shape index (κ3) is 3.92. The van der Waals surface area contributed by atoms with Crippen molar-refractivity contribution >= 4 is 11.6 Å². The second-order valence-electron chi connectivity index (χ2n) is 5.33. The fourth-order valence-corrected chi connectivity index (χ4v) is 2.46. The second kappa shape index (κ2) is 7.82. The number of unbranched alkanes of at least 4 members (excludes halogenated alkanes) is 2. The lowest BCUT2D eigenvalue weighted by Gasteiger charge is -2.18. The third-order valence-electron chi connectivity index (χ3n) is 3.68. The summed E-state index contributed by atoms with van der Waals surface area (Å²) in [6.45, 7) is 5.51. The molecule has 0 atom stereocenters. The van der Waals surface area contributed by atoms with Crippen molar-refractivity contribution in [2.75, 3.05) is 11.9 Å². The van der Waals surface area contributed by atoms with E-state index in [1.54, 1.807) is 17.0 Å². The summed E-state index contributed by atoms with van der Waals surface area (Å²) < 4.78 is 1.76. The van der Waals surface area contributed by atoms with Crippen LogP contribution in [0.2, 0.25) is 0 Å². The van der Waals surface area contributed by atoms with Crippen LogP contribution in [0.1, 0.15) is 52.4 Å². The first kappa shape index (κ1) is 14.8. The summed E-state index contributed by atoms with van der Waals surface area (Å²) in [5.74, 6) is 2.36. The Hall–Kier alpha value is -1.65. The lowest BCUT2D eigenvalue weighted by atomic mass is 9.96. The van der Waals surface area contributed by atoms with E-state index in [1.165, 1.54) is 38.5 Å². The molecular weight excluding hydrogens is 250 g/mol. The van der Waals surface area contributed by atoms with Gasteiger partial charge in [-0.2, -0.15) is 14.6 Å². The number of nitrogens with zero attached hydrogens (tertiary/aromatic N) is 4. The average Bonchev–Trinajstić information content (AvgIpc) is 2.95. The molecular formula is C15H25N5. The van der Waals surface area contributed by atoms with Crippen LogP contribution in [0.4, 0.5) is 5.82 Å². The zero-order valence-electron chi connectivity index (χ0n) is 12.5. The third-order valence-corrected chi connectivity index (χ3v) is 3.68. The van der Waals surface area contributed by atoms with Crippen LogP contribution in [0.25, 0.3) is 5.78 Å². The van der Waals surface area contributed by atoms with Crippen LogP contribution in [0.15, 0.2) is 18.6 Å². The topological polar surface area (TPSA) is 55.1 Å². The monoisotopic (exact) mass is 275 g/mol. The van der Waals surface area contributed by atoms with Gasteiger partial charge in [0.1, 0.15) is 12.1 Å². The molecule has 5 heteroatoms. The number of rotatable bonds is 9. The van der Waals surface area contributed by atoms with E-state index in [2.05, 4.69) is 34.2 Å². The Morgan fingerprint density at radius 2 is 1.90 bits per heavy atom. The predicted molar refractivity (Wildman–Crippen MR) is 81.8 cm³/mol. The van der Waals surface area contributed by atoms with Crippen LogP contribution in [-0.4, -0.2) is 26.1 Å². The van der Waals surface area contributed by atoms with Gasteiger partial charge in [-0.05, 0) is 24.8 Å². The molecule has 0 aliphatic rings. The number of aromatic nitrogens is 4. The first-order valence-electron chi connectivity index (χ1n) is 7.73. The van der Waals surface area contributed by atoms with Gasteiger partial charge < -0.3 is 5.32 Å². The maximum Gasteiger partial charge on any atom is 0.254 e. The van der Waals surface area contributed by atoms with Crippen LogP contribution in [0, 0.1) is 5.92 Å². The quantitative estimate of drug-likeness (QED) is 0.760. The van der Waals surface area contributed by atoms with Gasteiger partial charge in [0.2, 0.25) is 0 Å². The van der Waals surface area contributed by atoms with Crippen LogP contribution < -0.4 is 5.32 Å². The number of fused-ring (bicyclic) bond motifs is 1. The number of hydrogen-bond acceptors (Lipinski definition) is 4. The molecule has 5 nitrogen and oxygen atoms in total. The Kier molecular flexibility index (Phi) is 5.77. The van der Waals surface area contributed by atoms with E-state index >= 15 is 0 Å². The minimum absolute atomic E-state index is 0.647. The minimum Gasteiger partial charge on any atom is -0.370 e. The molecule has 2 aromatic rings. The minimum atomic E-state index is 0.647. The average molecular weight is 275 g/mol. The molecule has 1 N–H and O–H groups in total. The predicted octanol–water partition coefficient (Wildman–Crippen LogP) is 3.53. The smallest absolute Gasteiger partial charge is 0.254 e. The highest BCUT2D eigenvalue weighted by molar-refractivity contribution is 5.42. The fourth-order valence-electron chi connectivity index (χ4n) is 2.46. The van der Waals surface area contributed by atoms with Gasteiger partial charge >= 0.3 is 0 Å². The molecule has 0 radical (unpaired) electrons. The Balaban J connectivity index is 1.95. The number of nitrogens with one attached hydrogen (secondary N) is 1. The molecule has 0 saturated heterocycles. The van der Waals surface area contributed by atoms with Gasteiger partial charge in [0.15, 0.2) is 0 Å². The molecule has 0 unspecified atom stereocenters. The highest BCUT2D eigenvalue weighted by Crippen LogP contribution is 2.17. The van der Waals surface area contributed by atoms with Gasteiger partial charge in [0.25, 0.3) is 5.78 Å². The summed E-state index contributed by atoms with van der Waals surface area (Å²) in [7, 11) is 0. The second-order valence-corrected chi connectivity index (χ2v) is 5.33. The maximum atomic E-state index is 4.20. The standard InChI is InChI=1S/C15H25N5/c1-3-5-7-13(8-6-4-2)11-17-14-9-10-16-15-18-12-19-20(14)15/h9-10,12-13,17H,3-8,11H2,1-2H3. The van der Waals surface area contributed by atoms with Gasteiger partial charge in [-0.1, -0.05) is 39.5 Å². The molecule has 20 heavy (non-hydrogen) atoms. The lowest BCUT2D eigenvalue weighted by Crippen LogP contribution is -2.16. The van der Waals surface area contributed by atoms with Gasteiger partial charge in [-0.3, -0.25) is 0 Å². The van der Waals surface area contributed by atoms with Gasteiger partial charge in [0, 0.05) is 12.7 Å². The molecule has 0 aromatic carbocycles. The van der Waals surface area contributed by atoms with Gasteiger partial charge in [0.05, 0.1) is 0 Å². The summed E-state index contributed by atoms with van der Waals surface area (Å²) in [5, 5.41) is 7.71. The van der Waals surface area contributed by atoms with Crippen molar-refractivity contribution in [3.8, 4) is 0 Å². The van der Waals surface area contributed by atoms with Crippen LogP contribution in [0.5, 0.6) is 0 Å². The van der Waals surface area contributed by atoms with Crippen molar-refractivity contribution in [3.05, 3.63) is 18.6 Å². The summed E-state index contributed by atoms with van der Waals surface area (Å²) in [4.78, 5) is 8.28. The Labute approximate surface area is 120 Å². The molecule has 0 bridgehead atoms. The lowest BCUT2D eigenvalue weighted by molar-refractivity contribution is 0.437. The van der Waals surface area contributed by atoms with Crippen LogP contribution in [-0.2, 0) is 0 Å². The Morgan fingerprint density at radius 3 is 2.60 bits per heavy atom. The van der Waals surface area contributed by atoms with Crippen molar-refractivity contribution in [2.24, 2.45) is 5.92 Å². The molecule has 0 amide bonds. The van der Waals surface area contributed by atoms with Crippen molar-refractivity contribution in [1.82, 2.24) is 19.6 Å². The zero-order chi connectivity index (χ0) is 14.2. The molecule has 2 heterocycles. The van der Waals surface area contributed by atoms with Crippen molar-refractivity contribution in [1.29, 1.82) is 0 Å². The van der Waals surface area contributed by atoms with E-state index in [0.29, 0.717) is 5.78 Å². The van der Waals surface area contributed by atoms with Crippen molar-refractivity contribution in [3.63, 3.8) is 0 Å². The summed E-state index contributed by atoms with van der Waals surface area (Å²) in [5.41, 5.74) is 0. The van der Waals surface area contributed by atoms with E-state index in [0.717, 1.165) is 18.3 Å². The van der Waals surface area contributed by atoms with Crippen molar-refractivity contribution < 1.29 is 0 Å². The molecule has 0 aliphatic carbocycles. The zero-order valence-corrected chi connectivity index (χ0v) is 12.5. The van der Waals surface area contributed by atoms with E-state index in [4.69, 9.17) is 0 Å². The van der Waals surface area contributed by atoms with E-state index in [1.807, 2.05) is 6.07 Å². The van der Waals surface area contributed by atoms with Crippen LogP contribution in [0.3, 0.4) is 0 Å². The molecule has 2 aromatic heterocycles. The fraction of sp³-hybridized carbons (Fsp3) is 0.667. The van der Waals surface area contributed by atoms with E-state index in [-0.39, 0.29) is 0 Å². The highest BCUT2D eigenvalue weighted by Gasteiger charge is 2.09. The molecule has 2 rings (SSSR count). The van der Waals surface area contributed by atoms with Crippen LogP contribution >= 0.6 is 0 Å². The molecule has 0 aliphatic heterocycles. The van der Waals surface area contributed by atoms with Gasteiger partial charge in [-0.25, -0.2) is 4.98 Å². The maximum absolute atomic E-state index is 4.20. The Bertz CT molecular complexity index is 500. The van der Waals surface area contributed by atoms with E-state index in [9.17, 15) is 0 Å². The molecule has 0 fully saturated rings. The number of anilines is 1. The van der Waals surface area contributed by atoms with E-state index < -0.39 is 0 Å². The van der Waals surface area contributed by atoms with Crippen molar-refractivity contribution in [2.45, 2.75) is 52.4 Å². The Morgan fingerprint density at radius 1 is 1.15 bits per heavy atom. The summed E-state index contributed by atoms with van der Waals surface area (Å²) in [6, 6.07) is 1.96. The summed E-state index contributed by atoms with van der Waals surface area (Å²) in [6.07, 6.45) is 11.1. The molecule has 0 saturated carbocycles. The molecule has 0 spiro atoms. The summed E-state index contributed by atoms with van der Waals surface area (Å²) >= 11 is 0. The van der Waals surface area contributed by atoms with Gasteiger partial charge in [-0.15, -0.1) is 0 Å². The normalized spacial score (nSPS) is 11.3. The first-order valence-corrected chi connectivity index (χ1v) is 7.73. The first-order chi connectivity index (χ1) is 9.85. The largest absolute Gasteiger partial charge is 0.370 e. The SMILES string of the molecule is CCCCC(CCCC)CNc1ccnc2ncnn12. The molecule has 110 valence electrons.